The highest BCUT2D eigenvalue weighted by Crippen LogP contribution is 2.34. The SMILES string of the molecule is CC1CCCC(CN)(Nc2ccc(C(F)(F)F)nn2)C1. The molecule has 1 saturated carbocycles. The molecule has 1 aliphatic carbocycles. The average Bonchev–Trinajstić information content (AvgIpc) is 2.38. The Morgan fingerprint density at radius 1 is 1.40 bits per heavy atom. The second kappa shape index (κ2) is 5.55. The van der Waals surface area contributed by atoms with Crippen molar-refractivity contribution in [3.63, 3.8) is 0 Å². The van der Waals surface area contributed by atoms with Gasteiger partial charge in [-0.05, 0) is 30.9 Å². The van der Waals surface area contributed by atoms with Crippen molar-refractivity contribution in [2.24, 2.45) is 11.7 Å². The van der Waals surface area contributed by atoms with Crippen LogP contribution in [-0.2, 0) is 6.18 Å². The van der Waals surface area contributed by atoms with Gasteiger partial charge in [-0.15, -0.1) is 10.2 Å². The summed E-state index contributed by atoms with van der Waals surface area (Å²) in [6.45, 7) is 2.59. The van der Waals surface area contributed by atoms with Crippen LogP contribution in [0.25, 0.3) is 0 Å². The number of aromatic nitrogens is 2. The fourth-order valence-electron chi connectivity index (χ4n) is 2.83. The molecule has 1 aromatic heterocycles. The molecule has 1 heterocycles. The standard InChI is InChI=1S/C13H19F3N4/c1-9-3-2-6-12(7-9,8-17)18-11-5-4-10(19-20-11)13(14,15)16/h4-5,9H,2-3,6-8,17H2,1H3,(H,18,20). The Morgan fingerprint density at radius 2 is 2.15 bits per heavy atom. The first-order valence-corrected chi connectivity index (χ1v) is 6.74. The van der Waals surface area contributed by atoms with Crippen molar-refractivity contribution in [1.29, 1.82) is 0 Å². The first-order chi connectivity index (χ1) is 9.35. The second-order valence-electron chi connectivity index (χ2n) is 5.61. The summed E-state index contributed by atoms with van der Waals surface area (Å²) in [4.78, 5) is 0. The molecule has 7 heteroatoms. The third-order valence-corrected chi connectivity index (χ3v) is 3.83. The smallest absolute Gasteiger partial charge is 0.362 e. The molecule has 0 amide bonds. The third kappa shape index (κ3) is 3.39. The van der Waals surface area contributed by atoms with Crippen LogP contribution >= 0.6 is 0 Å². The predicted molar refractivity (Wildman–Crippen MR) is 70.1 cm³/mol. The second-order valence-corrected chi connectivity index (χ2v) is 5.61. The van der Waals surface area contributed by atoms with Gasteiger partial charge < -0.3 is 11.1 Å². The van der Waals surface area contributed by atoms with Gasteiger partial charge in [-0.25, -0.2) is 0 Å². The van der Waals surface area contributed by atoms with E-state index in [2.05, 4.69) is 22.4 Å². The molecule has 2 unspecified atom stereocenters. The Balaban J connectivity index is 2.12. The van der Waals surface area contributed by atoms with E-state index in [1.807, 2.05) is 0 Å². The number of nitrogens with zero attached hydrogens (tertiary/aromatic N) is 2. The van der Waals surface area contributed by atoms with Gasteiger partial charge in [-0.1, -0.05) is 19.8 Å². The maximum absolute atomic E-state index is 12.4. The molecule has 0 aromatic carbocycles. The maximum atomic E-state index is 12.4. The summed E-state index contributed by atoms with van der Waals surface area (Å²) >= 11 is 0. The van der Waals surface area contributed by atoms with Gasteiger partial charge in [0.2, 0.25) is 0 Å². The molecule has 2 atom stereocenters. The first-order valence-electron chi connectivity index (χ1n) is 6.74. The van der Waals surface area contributed by atoms with E-state index in [0.29, 0.717) is 18.3 Å². The minimum atomic E-state index is -4.46. The molecular formula is C13H19F3N4. The van der Waals surface area contributed by atoms with Crippen molar-refractivity contribution < 1.29 is 13.2 Å². The van der Waals surface area contributed by atoms with Crippen molar-refractivity contribution in [3.8, 4) is 0 Å². The van der Waals surface area contributed by atoms with Crippen LogP contribution in [0.1, 0.15) is 38.3 Å². The van der Waals surface area contributed by atoms with Crippen molar-refractivity contribution in [3.05, 3.63) is 17.8 Å². The molecule has 0 saturated heterocycles. The average molecular weight is 288 g/mol. The molecule has 0 aliphatic heterocycles. The van der Waals surface area contributed by atoms with E-state index in [4.69, 9.17) is 5.73 Å². The van der Waals surface area contributed by atoms with Gasteiger partial charge in [0.1, 0.15) is 5.82 Å². The fourth-order valence-corrected chi connectivity index (χ4v) is 2.83. The van der Waals surface area contributed by atoms with Crippen LogP contribution in [0.15, 0.2) is 12.1 Å². The number of hydrogen-bond acceptors (Lipinski definition) is 4. The van der Waals surface area contributed by atoms with Crippen LogP contribution in [0.3, 0.4) is 0 Å². The lowest BCUT2D eigenvalue weighted by Crippen LogP contribution is -2.49. The van der Waals surface area contributed by atoms with Crippen molar-refractivity contribution in [1.82, 2.24) is 10.2 Å². The summed E-state index contributed by atoms with van der Waals surface area (Å²) in [5, 5.41) is 10.0. The lowest BCUT2D eigenvalue weighted by Gasteiger charge is -2.40. The van der Waals surface area contributed by atoms with E-state index in [9.17, 15) is 13.2 Å². The van der Waals surface area contributed by atoms with E-state index in [1.165, 1.54) is 6.07 Å². The summed E-state index contributed by atoms with van der Waals surface area (Å²) in [5.74, 6) is 0.889. The van der Waals surface area contributed by atoms with E-state index in [0.717, 1.165) is 31.7 Å². The monoisotopic (exact) mass is 288 g/mol. The van der Waals surface area contributed by atoms with Gasteiger partial charge in [0.05, 0.1) is 5.54 Å². The molecule has 2 rings (SSSR count). The van der Waals surface area contributed by atoms with Crippen LogP contribution in [0.4, 0.5) is 19.0 Å². The summed E-state index contributed by atoms with van der Waals surface area (Å²) in [6.07, 6.45) is -0.458. The van der Waals surface area contributed by atoms with E-state index in [-0.39, 0.29) is 5.54 Å². The molecule has 1 aliphatic rings. The lowest BCUT2D eigenvalue weighted by molar-refractivity contribution is -0.141. The minimum absolute atomic E-state index is 0.286. The van der Waals surface area contributed by atoms with E-state index in [1.54, 1.807) is 0 Å². The normalized spacial score (nSPS) is 27.4. The highest BCUT2D eigenvalue weighted by Gasteiger charge is 2.35. The van der Waals surface area contributed by atoms with Crippen molar-refractivity contribution in [2.75, 3.05) is 11.9 Å². The van der Waals surface area contributed by atoms with Gasteiger partial charge in [0, 0.05) is 6.54 Å². The van der Waals surface area contributed by atoms with Crippen LogP contribution in [0, 0.1) is 5.92 Å². The summed E-state index contributed by atoms with van der Waals surface area (Å²) in [7, 11) is 0. The zero-order valence-electron chi connectivity index (χ0n) is 11.4. The van der Waals surface area contributed by atoms with Gasteiger partial charge in [0.25, 0.3) is 0 Å². The molecule has 1 aromatic rings. The zero-order chi connectivity index (χ0) is 14.8. The van der Waals surface area contributed by atoms with Crippen LogP contribution in [0.5, 0.6) is 0 Å². The van der Waals surface area contributed by atoms with E-state index >= 15 is 0 Å². The number of alkyl halides is 3. The number of halogens is 3. The molecule has 1 fully saturated rings. The number of nitrogens with one attached hydrogen (secondary N) is 1. The Morgan fingerprint density at radius 3 is 2.65 bits per heavy atom. The van der Waals surface area contributed by atoms with Gasteiger partial charge in [-0.2, -0.15) is 13.2 Å². The number of nitrogens with two attached hydrogens (primary N) is 1. The lowest BCUT2D eigenvalue weighted by atomic mass is 9.76. The Hall–Kier alpha value is -1.37. The quantitative estimate of drug-likeness (QED) is 0.897. The van der Waals surface area contributed by atoms with Crippen LogP contribution in [-0.4, -0.2) is 22.3 Å². The van der Waals surface area contributed by atoms with Crippen LogP contribution < -0.4 is 11.1 Å². The topological polar surface area (TPSA) is 63.8 Å². The summed E-state index contributed by atoms with van der Waals surface area (Å²) in [5.41, 5.74) is 4.59. The maximum Gasteiger partial charge on any atom is 0.435 e. The molecule has 0 radical (unpaired) electrons. The Labute approximate surface area is 116 Å². The van der Waals surface area contributed by atoms with Gasteiger partial charge in [-0.3, -0.25) is 0 Å². The van der Waals surface area contributed by atoms with E-state index < -0.39 is 11.9 Å². The molecule has 0 bridgehead atoms. The molecule has 0 spiro atoms. The molecule has 3 N–H and O–H groups in total. The largest absolute Gasteiger partial charge is 0.435 e. The van der Waals surface area contributed by atoms with Gasteiger partial charge in [0.15, 0.2) is 5.69 Å². The third-order valence-electron chi connectivity index (χ3n) is 3.83. The fraction of sp³-hybridized carbons (Fsp3) is 0.692. The van der Waals surface area contributed by atoms with Crippen molar-refractivity contribution in [2.45, 2.75) is 44.3 Å². The Bertz CT molecular complexity index is 446. The predicted octanol–water partition coefficient (Wildman–Crippen LogP) is 2.81. The van der Waals surface area contributed by atoms with Crippen molar-refractivity contribution >= 4 is 5.82 Å². The Kier molecular flexibility index (Phi) is 4.17. The number of rotatable bonds is 3. The summed E-state index contributed by atoms with van der Waals surface area (Å²) in [6, 6.07) is 2.25. The number of anilines is 1. The highest BCUT2D eigenvalue weighted by atomic mass is 19.4. The van der Waals surface area contributed by atoms with Crippen LogP contribution in [0.2, 0.25) is 0 Å². The number of hydrogen-bond donors (Lipinski definition) is 2. The molecule has 4 nitrogen and oxygen atoms in total. The summed E-state index contributed by atoms with van der Waals surface area (Å²) < 4.78 is 37.3. The minimum Gasteiger partial charge on any atom is -0.362 e. The van der Waals surface area contributed by atoms with Gasteiger partial charge >= 0.3 is 6.18 Å². The molecule has 112 valence electrons. The molecular weight excluding hydrogens is 269 g/mol. The first kappa shape index (κ1) is 15.0. The zero-order valence-corrected chi connectivity index (χ0v) is 11.4. The highest BCUT2D eigenvalue weighted by molar-refractivity contribution is 5.37. The molecule has 20 heavy (non-hydrogen) atoms.